The maximum Gasteiger partial charge on any atom is 0.196 e. The molecule has 0 saturated heterocycles. The molecule has 20 aromatic carbocycles. The molecule has 0 saturated carbocycles. The smallest absolute Gasteiger partial charge is 0.196 e. The van der Waals surface area contributed by atoms with Crippen LogP contribution in [0.1, 0.15) is 33.4 Å². The molecule has 17 heteroatoms. The zero-order valence-electron chi connectivity index (χ0n) is 78.8. The van der Waals surface area contributed by atoms with E-state index in [1.165, 1.54) is 10.8 Å². The van der Waals surface area contributed by atoms with E-state index in [1.54, 1.807) is 109 Å². The SMILES string of the molecule is [C-]#[N+]c1cccc(C#N)c1-c1cccc2c1c1c(-c3c(C#N)cccc3[N+]#[C-])cccc1n2-c1cc(-c2ccccc2)cc(-c2ccccc2)c1.[C-]#[N+]c1cccc(C#N)c1-c1cccc2c1c1c(-c3c(C#N)cccc3[N+]#[C-])cccc1n2-c1ccc2oc3ccccc3c2c1.[C-]#[N+]c1cccc(C#N)c1-c1cccc2c1c1c(-c3c(C#N)cccc3[N+]#[C-])cccc1n2-c1cccc(-n2c3ccccc3c3ccccc32)c1. The number of para-hydroxylation sites is 3. The minimum atomic E-state index is 0.371. The molecule has 25 aromatic rings. The minimum absolute atomic E-state index is 0.371. The lowest BCUT2D eigenvalue weighted by Crippen LogP contribution is -1.98. The lowest BCUT2D eigenvalue weighted by molar-refractivity contribution is 0.669. The monoisotopic (exact) mass is 1890 g/mol. The number of aromatic nitrogens is 4. The third-order valence-electron chi connectivity index (χ3n) is 27.7. The molecular weight excluding hydrogens is 1830 g/mol. The van der Waals surface area contributed by atoms with Gasteiger partial charge in [0.1, 0.15) is 11.2 Å². The molecule has 0 N–H and O–H groups in total. The number of fused-ring (bicyclic) bond motifs is 15. The van der Waals surface area contributed by atoms with E-state index in [4.69, 9.17) is 43.8 Å². The lowest BCUT2D eigenvalue weighted by atomic mass is 9.90. The second kappa shape index (κ2) is 37.8. The van der Waals surface area contributed by atoms with E-state index < -0.39 is 0 Å². The Morgan fingerprint density at radius 1 is 0.181 bits per heavy atom. The van der Waals surface area contributed by atoms with Crippen molar-refractivity contribution in [3.05, 3.63) is 514 Å². The minimum Gasteiger partial charge on any atom is -0.456 e. The second-order valence-corrected chi connectivity index (χ2v) is 35.4. The van der Waals surface area contributed by atoms with Crippen LogP contribution in [0.4, 0.5) is 34.1 Å². The van der Waals surface area contributed by atoms with Crippen molar-refractivity contribution < 1.29 is 4.42 Å². The number of nitriles is 6. The topological polar surface area (TPSA) is 202 Å². The highest BCUT2D eigenvalue weighted by Gasteiger charge is 2.31. The molecule has 0 atom stereocenters. The molecule has 0 aliphatic carbocycles. The van der Waals surface area contributed by atoms with Crippen LogP contribution in [0.15, 0.2) is 417 Å². The Morgan fingerprint density at radius 3 is 0.725 bits per heavy atom. The van der Waals surface area contributed by atoms with Crippen molar-refractivity contribution in [2.24, 2.45) is 0 Å². The Bertz CT molecular complexity index is 9930. The molecule has 5 aromatic heterocycles. The average molecular weight is 1890 g/mol. The summed E-state index contributed by atoms with van der Waals surface area (Å²) in [6.07, 6.45) is 0. The van der Waals surface area contributed by atoms with E-state index in [0.717, 1.165) is 177 Å². The standard InChI is InChI=1S/C46H24N6.C46H25N5.C40H19N5O/c1-49-37-20-7-12-29(27-47)43(37)35-18-10-24-41-45(35)46-36(44-30(28-48)13-8-21-38(44)50-2)19-11-25-42(46)52(41)32-15-9-14-31(26-32)51-39-22-5-3-16-33(39)34-17-4-6-23-40(34)51;1-49-39-21-9-17-32(28-47)43(39)37-19-11-23-41-45(37)46-38(44-33(29-48)18-10-22-40(44)50-2)20-12-24-42(46)51(41)36-26-34(30-13-5-3-6-14-30)25-35(27-36)31-15-7-4-8-16-31;1-43-31-14-5-9-24(22-41)37(31)28-12-7-16-33-39(28)40-29(38-25(23-42)10-6-15-32(38)44-2)13-8-17-34(40)45(33)26-19-20-36-30(21-26)27-11-3-4-18-35(27)46-36/h3-26H;3-27H;3-21H. The molecule has 0 unspecified atom stereocenters. The van der Waals surface area contributed by atoms with Gasteiger partial charge in [-0.25, -0.2) is 29.1 Å². The summed E-state index contributed by atoms with van der Waals surface area (Å²) < 4.78 is 15.0. The summed E-state index contributed by atoms with van der Waals surface area (Å²) in [5, 5.41) is 70.7. The highest BCUT2D eigenvalue weighted by Crippen LogP contribution is 2.54. The third kappa shape index (κ3) is 14.9. The molecule has 0 amide bonds. The van der Waals surface area contributed by atoms with E-state index >= 15 is 0 Å². The maximum absolute atomic E-state index is 10.3. The second-order valence-electron chi connectivity index (χ2n) is 35.4. The van der Waals surface area contributed by atoms with E-state index in [1.807, 2.05) is 170 Å². The number of hydrogen-bond acceptors (Lipinski definition) is 7. The molecule has 0 aliphatic heterocycles. The van der Waals surface area contributed by atoms with Crippen molar-refractivity contribution in [1.29, 1.82) is 31.6 Å². The summed E-state index contributed by atoms with van der Waals surface area (Å²) in [6, 6.07) is 147. The van der Waals surface area contributed by atoms with Crippen LogP contribution in [0, 0.1) is 107 Å². The zero-order valence-corrected chi connectivity index (χ0v) is 78.8. The fourth-order valence-corrected chi connectivity index (χ4v) is 21.6. The molecule has 17 nitrogen and oxygen atoms in total. The fourth-order valence-electron chi connectivity index (χ4n) is 21.6. The highest BCUT2D eigenvalue weighted by atomic mass is 16.3. The van der Waals surface area contributed by atoms with Gasteiger partial charge in [0.2, 0.25) is 0 Å². The molecule has 0 fully saturated rings. The van der Waals surface area contributed by atoms with Gasteiger partial charge in [0.15, 0.2) is 34.1 Å². The van der Waals surface area contributed by atoms with E-state index in [0.29, 0.717) is 101 Å². The predicted octanol–water partition coefficient (Wildman–Crippen LogP) is 35.2. The number of benzene rings is 20. The van der Waals surface area contributed by atoms with Crippen LogP contribution >= 0.6 is 0 Å². The van der Waals surface area contributed by atoms with Gasteiger partial charge in [0.05, 0.1) is 120 Å². The first kappa shape index (κ1) is 90.1. The number of furan rings is 1. The molecule has 25 rings (SSSR count). The first-order valence-electron chi connectivity index (χ1n) is 47.4. The van der Waals surface area contributed by atoms with Crippen molar-refractivity contribution in [2.75, 3.05) is 0 Å². The third-order valence-corrected chi connectivity index (χ3v) is 27.7. The van der Waals surface area contributed by atoms with Crippen molar-refractivity contribution in [2.45, 2.75) is 0 Å². The average Bonchev–Trinajstić information content (AvgIpc) is 1.56. The molecule has 149 heavy (non-hydrogen) atoms. The number of hydrogen-bond donors (Lipinski definition) is 0. The molecule has 5 heterocycles. The van der Waals surface area contributed by atoms with E-state index in [9.17, 15) is 31.6 Å². The molecule has 0 aliphatic rings. The number of rotatable bonds is 12. The van der Waals surface area contributed by atoms with Crippen LogP contribution in [-0.4, -0.2) is 18.3 Å². The Labute approximate surface area is 854 Å². The van der Waals surface area contributed by atoms with E-state index in [-0.39, 0.29) is 0 Å². The zero-order chi connectivity index (χ0) is 102. The van der Waals surface area contributed by atoms with Gasteiger partial charge in [0.25, 0.3) is 0 Å². The van der Waals surface area contributed by atoms with Gasteiger partial charge in [-0.1, -0.05) is 267 Å². The predicted molar refractivity (Wildman–Crippen MR) is 593 cm³/mol. The quantitative estimate of drug-likeness (QED) is 0.108. The van der Waals surface area contributed by atoms with Gasteiger partial charge in [0, 0.05) is 143 Å². The van der Waals surface area contributed by atoms with Crippen LogP contribution in [-0.2, 0) is 0 Å². The van der Waals surface area contributed by atoms with Crippen molar-refractivity contribution in [3.63, 3.8) is 0 Å². The van der Waals surface area contributed by atoms with Crippen molar-refractivity contribution in [3.8, 4) is 148 Å². The fraction of sp³-hybridized carbons (Fsp3) is 0. The van der Waals surface area contributed by atoms with Gasteiger partial charge >= 0.3 is 0 Å². The Kier molecular flexibility index (Phi) is 22.9. The van der Waals surface area contributed by atoms with Crippen molar-refractivity contribution in [1.82, 2.24) is 18.3 Å². The summed E-state index contributed by atoms with van der Waals surface area (Å²) in [7, 11) is 0. The van der Waals surface area contributed by atoms with Crippen LogP contribution in [0.3, 0.4) is 0 Å². The van der Waals surface area contributed by atoms with Crippen LogP contribution < -0.4 is 0 Å². The molecule has 682 valence electrons. The highest BCUT2D eigenvalue weighted by molar-refractivity contribution is 6.27. The lowest BCUT2D eigenvalue weighted by Gasteiger charge is -2.14. The van der Waals surface area contributed by atoms with Crippen LogP contribution in [0.2, 0.25) is 0 Å². The van der Waals surface area contributed by atoms with Crippen LogP contribution in [0.25, 0.3) is 250 Å². The number of nitrogens with zero attached hydrogens (tertiary/aromatic N) is 16. The Balaban J connectivity index is 0.000000123. The molecule has 0 radical (unpaired) electrons. The van der Waals surface area contributed by atoms with E-state index in [2.05, 4.69) is 217 Å². The van der Waals surface area contributed by atoms with Gasteiger partial charge < -0.3 is 22.7 Å². The largest absolute Gasteiger partial charge is 0.456 e. The summed E-state index contributed by atoms with van der Waals surface area (Å²) in [4.78, 5) is 23.0. The van der Waals surface area contributed by atoms with Gasteiger partial charge in [-0.05, 0) is 201 Å². The normalized spacial score (nSPS) is 10.9. The summed E-state index contributed by atoms with van der Waals surface area (Å²) in [5.74, 6) is 0. The summed E-state index contributed by atoms with van der Waals surface area (Å²) in [6.45, 7) is 48.1. The van der Waals surface area contributed by atoms with Crippen LogP contribution in [0.5, 0.6) is 0 Å². The van der Waals surface area contributed by atoms with Crippen molar-refractivity contribution >= 4 is 143 Å². The first-order valence-corrected chi connectivity index (χ1v) is 47.4. The van der Waals surface area contributed by atoms with Gasteiger partial charge in [-0.3, -0.25) is 0 Å². The summed E-state index contributed by atoms with van der Waals surface area (Å²) in [5.41, 5.74) is 29.2. The Morgan fingerprint density at radius 2 is 0.423 bits per heavy atom. The summed E-state index contributed by atoms with van der Waals surface area (Å²) >= 11 is 0. The molecule has 0 bridgehead atoms. The maximum atomic E-state index is 10.3. The first-order chi connectivity index (χ1) is 73.5. The van der Waals surface area contributed by atoms with Gasteiger partial charge in [-0.15, -0.1) is 0 Å². The molecular formula is C132H68N16O. The molecule has 0 spiro atoms. The Hall–Kier alpha value is -22.7. The van der Waals surface area contributed by atoms with Gasteiger partial charge in [-0.2, -0.15) is 31.6 Å².